The molecule has 0 aromatic heterocycles. The van der Waals surface area contributed by atoms with Gasteiger partial charge in [0.2, 0.25) is 0 Å². The second-order valence-electron chi connectivity index (χ2n) is 3.98. The molecule has 0 saturated heterocycles. The minimum atomic E-state index is -0.951. The van der Waals surface area contributed by atoms with Crippen LogP contribution in [0.1, 0.15) is 42.6 Å². The molecular formula is C13H15FO3. The van der Waals surface area contributed by atoms with Gasteiger partial charge < -0.3 is 4.74 Å². The van der Waals surface area contributed by atoms with Crippen molar-refractivity contribution >= 4 is 11.8 Å². The van der Waals surface area contributed by atoms with Gasteiger partial charge >= 0.3 is 5.97 Å². The molecule has 0 saturated carbocycles. The summed E-state index contributed by atoms with van der Waals surface area (Å²) in [5, 5.41) is 0. The van der Waals surface area contributed by atoms with Gasteiger partial charge in [-0.25, -0.2) is 9.18 Å². The number of rotatable bonds is 4. The quantitative estimate of drug-likeness (QED) is 0.460. The monoisotopic (exact) mass is 238 g/mol. The van der Waals surface area contributed by atoms with Gasteiger partial charge in [0.25, 0.3) is 5.78 Å². The van der Waals surface area contributed by atoms with E-state index in [-0.39, 0.29) is 18.1 Å². The molecule has 0 radical (unpaired) electrons. The van der Waals surface area contributed by atoms with E-state index in [1.807, 2.05) is 13.8 Å². The summed E-state index contributed by atoms with van der Waals surface area (Å²) in [7, 11) is 0. The Labute approximate surface area is 99.6 Å². The normalized spacial score (nSPS) is 10.4. The minimum Gasteiger partial charge on any atom is -0.460 e. The number of hydrogen-bond acceptors (Lipinski definition) is 3. The van der Waals surface area contributed by atoms with E-state index in [1.54, 1.807) is 6.92 Å². The fraction of sp³-hybridized carbons (Fsp3) is 0.385. The Morgan fingerprint density at radius 2 is 1.94 bits per heavy atom. The van der Waals surface area contributed by atoms with Crippen molar-refractivity contribution in [2.24, 2.45) is 0 Å². The van der Waals surface area contributed by atoms with Crippen LogP contribution >= 0.6 is 0 Å². The molecule has 0 bridgehead atoms. The number of benzene rings is 1. The number of carbonyl (C=O) groups excluding carboxylic acids is 2. The van der Waals surface area contributed by atoms with Gasteiger partial charge in [0.1, 0.15) is 5.82 Å². The Kier molecular flexibility index (Phi) is 4.37. The molecule has 0 aliphatic heterocycles. The van der Waals surface area contributed by atoms with E-state index in [0.717, 1.165) is 6.07 Å². The first-order chi connectivity index (χ1) is 7.95. The highest BCUT2D eigenvalue weighted by molar-refractivity contribution is 6.40. The van der Waals surface area contributed by atoms with Gasteiger partial charge in [0.15, 0.2) is 0 Å². The highest BCUT2D eigenvalue weighted by Crippen LogP contribution is 2.18. The highest BCUT2D eigenvalue weighted by Gasteiger charge is 2.19. The van der Waals surface area contributed by atoms with Crippen molar-refractivity contribution in [3.63, 3.8) is 0 Å². The summed E-state index contributed by atoms with van der Waals surface area (Å²) in [6, 6.07) is 3.92. The van der Waals surface area contributed by atoms with E-state index in [2.05, 4.69) is 4.74 Å². The van der Waals surface area contributed by atoms with Crippen molar-refractivity contribution in [1.29, 1.82) is 0 Å². The predicted molar refractivity (Wildman–Crippen MR) is 61.5 cm³/mol. The molecule has 1 aromatic carbocycles. The van der Waals surface area contributed by atoms with Crippen LogP contribution < -0.4 is 0 Å². The number of esters is 1. The third kappa shape index (κ3) is 3.37. The third-order valence-corrected chi connectivity index (χ3v) is 2.31. The van der Waals surface area contributed by atoms with Crippen LogP contribution in [0, 0.1) is 5.82 Å². The number of Topliss-reactive ketones (excluding diaryl/α,β-unsaturated/α-hetero) is 1. The fourth-order valence-corrected chi connectivity index (χ4v) is 1.39. The van der Waals surface area contributed by atoms with Crippen LogP contribution in [0.3, 0.4) is 0 Å². The molecule has 3 nitrogen and oxygen atoms in total. The first-order valence-electron chi connectivity index (χ1n) is 5.47. The summed E-state index contributed by atoms with van der Waals surface area (Å²) in [5.74, 6) is -2.20. The SMILES string of the molecule is CCOC(=O)C(=O)c1cc(F)cc(C(C)C)c1. The average Bonchev–Trinajstić information content (AvgIpc) is 2.27. The molecule has 0 heterocycles. The van der Waals surface area contributed by atoms with Crippen LogP contribution in [-0.4, -0.2) is 18.4 Å². The molecule has 1 rings (SSSR count). The summed E-state index contributed by atoms with van der Waals surface area (Å²) in [6.07, 6.45) is 0. The van der Waals surface area contributed by atoms with Crippen LogP contribution in [0.5, 0.6) is 0 Å². The number of hydrogen-bond donors (Lipinski definition) is 0. The zero-order valence-corrected chi connectivity index (χ0v) is 10.1. The Hall–Kier alpha value is -1.71. The first kappa shape index (κ1) is 13.4. The van der Waals surface area contributed by atoms with Gasteiger partial charge in [-0.05, 0) is 36.6 Å². The summed E-state index contributed by atoms with van der Waals surface area (Å²) in [6.45, 7) is 5.49. The van der Waals surface area contributed by atoms with Crippen molar-refractivity contribution in [3.05, 3.63) is 35.1 Å². The Morgan fingerprint density at radius 3 is 2.47 bits per heavy atom. The van der Waals surface area contributed by atoms with Gasteiger partial charge in [0.05, 0.1) is 6.61 Å². The summed E-state index contributed by atoms with van der Waals surface area (Å²) >= 11 is 0. The van der Waals surface area contributed by atoms with Crippen molar-refractivity contribution in [3.8, 4) is 0 Å². The van der Waals surface area contributed by atoms with E-state index >= 15 is 0 Å². The molecule has 1 aromatic rings. The fourth-order valence-electron chi connectivity index (χ4n) is 1.39. The minimum absolute atomic E-state index is 0.0344. The van der Waals surface area contributed by atoms with Gasteiger partial charge in [-0.2, -0.15) is 0 Å². The van der Waals surface area contributed by atoms with Gasteiger partial charge in [-0.15, -0.1) is 0 Å². The van der Waals surface area contributed by atoms with Crippen LogP contribution in [0.15, 0.2) is 18.2 Å². The second-order valence-corrected chi connectivity index (χ2v) is 3.98. The average molecular weight is 238 g/mol. The molecule has 0 spiro atoms. The molecule has 0 fully saturated rings. The molecule has 0 unspecified atom stereocenters. The standard InChI is InChI=1S/C13H15FO3/c1-4-17-13(16)12(15)10-5-9(8(2)3)6-11(14)7-10/h5-8H,4H2,1-3H3. The molecule has 0 aliphatic rings. The summed E-state index contributed by atoms with van der Waals surface area (Å²) in [4.78, 5) is 22.9. The van der Waals surface area contributed by atoms with Gasteiger partial charge in [0, 0.05) is 5.56 Å². The smallest absolute Gasteiger partial charge is 0.379 e. The van der Waals surface area contributed by atoms with E-state index < -0.39 is 17.6 Å². The summed E-state index contributed by atoms with van der Waals surface area (Å²) < 4.78 is 17.9. The maximum absolute atomic E-state index is 13.3. The molecule has 17 heavy (non-hydrogen) atoms. The van der Waals surface area contributed by atoms with Crippen LogP contribution in [-0.2, 0) is 9.53 Å². The maximum Gasteiger partial charge on any atom is 0.379 e. The first-order valence-corrected chi connectivity index (χ1v) is 5.47. The molecule has 0 atom stereocenters. The zero-order valence-electron chi connectivity index (χ0n) is 10.1. The van der Waals surface area contributed by atoms with Crippen LogP contribution in [0.2, 0.25) is 0 Å². The lowest BCUT2D eigenvalue weighted by atomic mass is 9.99. The molecular weight excluding hydrogens is 223 g/mol. The summed E-state index contributed by atoms with van der Waals surface area (Å²) in [5.41, 5.74) is 0.713. The molecule has 0 aliphatic carbocycles. The maximum atomic E-state index is 13.3. The van der Waals surface area contributed by atoms with E-state index in [9.17, 15) is 14.0 Å². The largest absolute Gasteiger partial charge is 0.460 e. The van der Waals surface area contributed by atoms with Crippen LogP contribution in [0.25, 0.3) is 0 Å². The van der Waals surface area contributed by atoms with E-state index in [4.69, 9.17) is 0 Å². The lowest BCUT2D eigenvalue weighted by molar-refractivity contribution is -0.137. The predicted octanol–water partition coefficient (Wildman–Crippen LogP) is 2.69. The van der Waals surface area contributed by atoms with E-state index in [0.29, 0.717) is 5.56 Å². The second kappa shape index (κ2) is 5.57. The number of carbonyl (C=O) groups is 2. The molecule has 4 heteroatoms. The number of ketones is 1. The van der Waals surface area contributed by atoms with Crippen molar-refractivity contribution in [2.45, 2.75) is 26.7 Å². The topological polar surface area (TPSA) is 43.4 Å². The van der Waals surface area contributed by atoms with Crippen molar-refractivity contribution < 1.29 is 18.7 Å². The Balaban J connectivity index is 3.05. The molecule has 0 N–H and O–H groups in total. The lowest BCUT2D eigenvalue weighted by Gasteiger charge is -2.08. The van der Waals surface area contributed by atoms with Gasteiger partial charge in [-0.3, -0.25) is 4.79 Å². The Morgan fingerprint density at radius 1 is 1.29 bits per heavy atom. The number of halogens is 1. The Bertz CT molecular complexity index is 438. The molecule has 0 amide bonds. The van der Waals surface area contributed by atoms with Crippen molar-refractivity contribution in [2.75, 3.05) is 6.61 Å². The molecule has 92 valence electrons. The van der Waals surface area contributed by atoms with E-state index in [1.165, 1.54) is 12.1 Å². The van der Waals surface area contributed by atoms with Crippen molar-refractivity contribution in [1.82, 2.24) is 0 Å². The van der Waals surface area contributed by atoms with Gasteiger partial charge in [-0.1, -0.05) is 13.8 Å². The zero-order chi connectivity index (χ0) is 13.0. The highest BCUT2D eigenvalue weighted by atomic mass is 19.1. The third-order valence-electron chi connectivity index (χ3n) is 2.31. The number of ether oxygens (including phenoxy) is 1. The lowest BCUT2D eigenvalue weighted by Crippen LogP contribution is -2.18. The van der Waals surface area contributed by atoms with Crippen LogP contribution in [0.4, 0.5) is 4.39 Å².